The number of hydrogen-bond donors (Lipinski definition) is 1. The summed E-state index contributed by atoms with van der Waals surface area (Å²) in [6.07, 6.45) is 0.553. The van der Waals surface area contributed by atoms with Crippen LogP contribution in [0, 0.1) is 12.7 Å². The fourth-order valence-corrected chi connectivity index (χ4v) is 2.47. The van der Waals surface area contributed by atoms with Gasteiger partial charge in [-0.25, -0.2) is 9.37 Å². The third-order valence-electron chi connectivity index (χ3n) is 2.31. The van der Waals surface area contributed by atoms with Gasteiger partial charge in [0.15, 0.2) is 0 Å². The predicted octanol–water partition coefficient (Wildman–Crippen LogP) is 2.79. The molecule has 0 radical (unpaired) electrons. The molecule has 0 aliphatic heterocycles. The van der Waals surface area contributed by atoms with Gasteiger partial charge in [-0.05, 0) is 19.1 Å². The first-order chi connectivity index (χ1) is 7.70. The van der Waals surface area contributed by atoms with Crippen LogP contribution in [-0.4, -0.2) is 16.7 Å². The molecule has 0 amide bonds. The molecule has 4 heteroatoms. The molecule has 1 heterocycles. The van der Waals surface area contributed by atoms with Gasteiger partial charge in [-0.15, -0.1) is 11.3 Å². The fourth-order valence-electron chi connectivity index (χ4n) is 1.51. The number of aromatic nitrogens is 1. The molecule has 0 saturated heterocycles. The van der Waals surface area contributed by atoms with E-state index in [0.717, 1.165) is 21.1 Å². The zero-order valence-electron chi connectivity index (χ0n) is 8.90. The van der Waals surface area contributed by atoms with Crippen LogP contribution in [0.3, 0.4) is 0 Å². The highest BCUT2D eigenvalue weighted by molar-refractivity contribution is 7.15. The highest BCUT2D eigenvalue weighted by Crippen LogP contribution is 2.28. The lowest BCUT2D eigenvalue weighted by Crippen LogP contribution is -1.92. The summed E-state index contributed by atoms with van der Waals surface area (Å²) in [4.78, 5) is 5.48. The predicted molar refractivity (Wildman–Crippen MR) is 63.0 cm³/mol. The smallest absolute Gasteiger partial charge is 0.123 e. The Labute approximate surface area is 97.4 Å². The standard InChI is InChI=1S/C12H12FNOS/c1-8-11(5-6-15)14-12(16-8)9-3-2-4-10(13)7-9/h2-4,7,15H,5-6H2,1H3. The minimum absolute atomic E-state index is 0.0904. The average Bonchev–Trinajstić information content (AvgIpc) is 2.61. The van der Waals surface area contributed by atoms with Crippen LogP contribution in [-0.2, 0) is 6.42 Å². The maximum absolute atomic E-state index is 13.0. The van der Waals surface area contributed by atoms with Crippen LogP contribution in [0.1, 0.15) is 10.6 Å². The molecule has 2 aromatic rings. The van der Waals surface area contributed by atoms with Crippen molar-refractivity contribution in [3.05, 3.63) is 40.7 Å². The van der Waals surface area contributed by atoms with E-state index >= 15 is 0 Å². The molecular weight excluding hydrogens is 225 g/mol. The number of aliphatic hydroxyl groups is 1. The molecule has 84 valence electrons. The minimum atomic E-state index is -0.255. The summed E-state index contributed by atoms with van der Waals surface area (Å²) in [5, 5.41) is 9.68. The number of rotatable bonds is 3. The Balaban J connectivity index is 2.37. The van der Waals surface area contributed by atoms with Gasteiger partial charge >= 0.3 is 0 Å². The Morgan fingerprint density at radius 2 is 2.25 bits per heavy atom. The maximum Gasteiger partial charge on any atom is 0.123 e. The summed E-state index contributed by atoms with van der Waals surface area (Å²) in [6, 6.07) is 6.40. The third-order valence-corrected chi connectivity index (χ3v) is 3.37. The SMILES string of the molecule is Cc1sc(-c2cccc(F)c2)nc1CCO. The first-order valence-electron chi connectivity index (χ1n) is 5.04. The number of aryl methyl sites for hydroxylation is 1. The van der Waals surface area contributed by atoms with Crippen molar-refractivity contribution in [2.45, 2.75) is 13.3 Å². The summed E-state index contributed by atoms with van der Waals surface area (Å²) in [6.45, 7) is 2.05. The summed E-state index contributed by atoms with van der Waals surface area (Å²) in [5.74, 6) is -0.255. The van der Waals surface area contributed by atoms with Gasteiger partial charge < -0.3 is 5.11 Å². The van der Waals surface area contributed by atoms with E-state index in [1.165, 1.54) is 23.5 Å². The van der Waals surface area contributed by atoms with E-state index in [1.807, 2.05) is 13.0 Å². The molecule has 1 aromatic heterocycles. The molecule has 0 atom stereocenters. The third kappa shape index (κ3) is 2.28. The lowest BCUT2D eigenvalue weighted by molar-refractivity contribution is 0.298. The van der Waals surface area contributed by atoms with Gasteiger partial charge in [-0.3, -0.25) is 0 Å². The summed E-state index contributed by atoms with van der Waals surface area (Å²) in [7, 11) is 0. The van der Waals surface area contributed by atoms with Crippen LogP contribution in [0.2, 0.25) is 0 Å². The van der Waals surface area contributed by atoms with Crippen LogP contribution in [0.4, 0.5) is 4.39 Å². The number of nitrogens with zero attached hydrogens (tertiary/aromatic N) is 1. The molecule has 0 fully saturated rings. The van der Waals surface area contributed by atoms with Gasteiger partial charge in [0.2, 0.25) is 0 Å². The van der Waals surface area contributed by atoms with Crippen LogP contribution in [0.15, 0.2) is 24.3 Å². The highest BCUT2D eigenvalue weighted by Gasteiger charge is 2.09. The minimum Gasteiger partial charge on any atom is -0.396 e. The van der Waals surface area contributed by atoms with E-state index in [0.29, 0.717) is 6.42 Å². The van der Waals surface area contributed by atoms with E-state index in [2.05, 4.69) is 4.98 Å². The molecule has 0 saturated carbocycles. The molecule has 2 nitrogen and oxygen atoms in total. The van der Waals surface area contributed by atoms with Gasteiger partial charge in [0, 0.05) is 23.5 Å². The summed E-state index contributed by atoms with van der Waals surface area (Å²) >= 11 is 1.53. The lowest BCUT2D eigenvalue weighted by Gasteiger charge is -1.95. The van der Waals surface area contributed by atoms with Crippen molar-refractivity contribution in [1.82, 2.24) is 4.98 Å². The number of aliphatic hydroxyl groups excluding tert-OH is 1. The molecule has 0 bridgehead atoms. The summed E-state index contributed by atoms with van der Waals surface area (Å²) < 4.78 is 13.0. The molecule has 2 rings (SSSR count). The molecule has 0 aliphatic carbocycles. The van der Waals surface area contributed by atoms with E-state index in [4.69, 9.17) is 5.11 Å². The van der Waals surface area contributed by atoms with Crippen molar-refractivity contribution >= 4 is 11.3 Å². The van der Waals surface area contributed by atoms with Gasteiger partial charge in [0.25, 0.3) is 0 Å². The lowest BCUT2D eigenvalue weighted by atomic mass is 10.2. The van der Waals surface area contributed by atoms with Crippen LogP contribution >= 0.6 is 11.3 Å². The van der Waals surface area contributed by atoms with E-state index in [1.54, 1.807) is 6.07 Å². The van der Waals surface area contributed by atoms with Crippen molar-refractivity contribution in [3.8, 4) is 10.6 Å². The molecule has 0 aliphatic rings. The van der Waals surface area contributed by atoms with Gasteiger partial charge in [-0.1, -0.05) is 12.1 Å². The molecule has 16 heavy (non-hydrogen) atoms. The topological polar surface area (TPSA) is 33.1 Å². The summed E-state index contributed by atoms with van der Waals surface area (Å²) in [5.41, 5.74) is 1.68. The molecule has 0 unspecified atom stereocenters. The molecule has 1 N–H and O–H groups in total. The Morgan fingerprint density at radius 3 is 2.94 bits per heavy atom. The number of benzene rings is 1. The zero-order chi connectivity index (χ0) is 11.5. The molecule has 1 aromatic carbocycles. The van der Waals surface area contributed by atoms with Crippen LogP contribution < -0.4 is 0 Å². The zero-order valence-corrected chi connectivity index (χ0v) is 9.72. The monoisotopic (exact) mass is 237 g/mol. The normalized spacial score (nSPS) is 10.7. The second-order valence-electron chi connectivity index (χ2n) is 3.51. The van der Waals surface area contributed by atoms with Gasteiger partial charge in [0.1, 0.15) is 10.8 Å². The van der Waals surface area contributed by atoms with Gasteiger partial charge in [0.05, 0.1) is 5.69 Å². The average molecular weight is 237 g/mol. The molecular formula is C12H12FNOS. The van der Waals surface area contributed by atoms with E-state index < -0.39 is 0 Å². The Hall–Kier alpha value is -1.26. The first kappa shape index (κ1) is 11.2. The second-order valence-corrected chi connectivity index (χ2v) is 4.71. The van der Waals surface area contributed by atoms with Crippen molar-refractivity contribution < 1.29 is 9.50 Å². The van der Waals surface area contributed by atoms with Crippen LogP contribution in [0.5, 0.6) is 0 Å². The first-order valence-corrected chi connectivity index (χ1v) is 5.85. The Morgan fingerprint density at radius 1 is 1.44 bits per heavy atom. The van der Waals surface area contributed by atoms with Crippen molar-refractivity contribution in [2.75, 3.05) is 6.61 Å². The number of hydrogen-bond acceptors (Lipinski definition) is 3. The highest BCUT2D eigenvalue weighted by atomic mass is 32.1. The number of halogens is 1. The van der Waals surface area contributed by atoms with Crippen molar-refractivity contribution in [2.24, 2.45) is 0 Å². The molecule has 0 spiro atoms. The van der Waals surface area contributed by atoms with Crippen molar-refractivity contribution in [1.29, 1.82) is 0 Å². The maximum atomic E-state index is 13.0. The van der Waals surface area contributed by atoms with Gasteiger partial charge in [-0.2, -0.15) is 0 Å². The largest absolute Gasteiger partial charge is 0.396 e. The van der Waals surface area contributed by atoms with E-state index in [9.17, 15) is 4.39 Å². The van der Waals surface area contributed by atoms with Crippen LogP contribution in [0.25, 0.3) is 10.6 Å². The second kappa shape index (κ2) is 4.72. The fraction of sp³-hybridized carbons (Fsp3) is 0.250. The quantitative estimate of drug-likeness (QED) is 0.890. The Bertz CT molecular complexity index is 496. The Kier molecular flexibility index (Phi) is 3.31. The number of thiazole rings is 1. The van der Waals surface area contributed by atoms with Crippen molar-refractivity contribution in [3.63, 3.8) is 0 Å². The van der Waals surface area contributed by atoms with E-state index in [-0.39, 0.29) is 12.4 Å².